The van der Waals surface area contributed by atoms with Gasteiger partial charge in [-0.2, -0.15) is 13.2 Å². The smallest absolute Gasteiger partial charge is 0.355 e. The van der Waals surface area contributed by atoms with E-state index in [1.165, 1.54) is 6.07 Å². The van der Waals surface area contributed by atoms with Crippen molar-refractivity contribution < 1.29 is 13.2 Å². The van der Waals surface area contributed by atoms with Crippen molar-refractivity contribution in [1.82, 2.24) is 15.5 Å². The minimum absolute atomic E-state index is 0.476. The van der Waals surface area contributed by atoms with Crippen molar-refractivity contribution in [3.8, 4) is 0 Å². The molecule has 118 valence electrons. The van der Waals surface area contributed by atoms with Crippen LogP contribution in [0.2, 0.25) is 0 Å². The molecule has 1 aliphatic rings. The zero-order chi connectivity index (χ0) is 15.5. The van der Waals surface area contributed by atoms with Crippen LogP contribution in [0.1, 0.15) is 32.4 Å². The number of nitrogens with one attached hydrogen (secondary N) is 1. The molecule has 1 aromatic heterocycles. The fourth-order valence-corrected chi connectivity index (χ4v) is 2.41. The maximum Gasteiger partial charge on any atom is 0.435 e. The Morgan fingerprint density at radius 2 is 1.90 bits per heavy atom. The van der Waals surface area contributed by atoms with Gasteiger partial charge in [0.2, 0.25) is 0 Å². The lowest BCUT2D eigenvalue weighted by molar-refractivity contribution is -0.141. The lowest BCUT2D eigenvalue weighted by Gasteiger charge is -2.33. The van der Waals surface area contributed by atoms with Gasteiger partial charge in [-0.1, -0.05) is 13.8 Å². The minimum Gasteiger partial charge on any atom is -0.355 e. The number of rotatable bonds is 4. The summed E-state index contributed by atoms with van der Waals surface area (Å²) in [7, 11) is 0. The van der Waals surface area contributed by atoms with E-state index in [1.54, 1.807) is 0 Å². The molecule has 2 rings (SSSR count). The van der Waals surface area contributed by atoms with E-state index in [1.807, 2.05) is 4.90 Å². The average Bonchev–Trinajstić information content (AvgIpc) is 2.45. The van der Waals surface area contributed by atoms with Gasteiger partial charge in [0.05, 0.1) is 0 Å². The fourth-order valence-electron chi connectivity index (χ4n) is 2.41. The predicted molar refractivity (Wildman–Crippen MR) is 75.1 cm³/mol. The van der Waals surface area contributed by atoms with Crippen molar-refractivity contribution in [2.45, 2.75) is 38.9 Å². The number of piperidine rings is 1. The molecule has 1 saturated heterocycles. The van der Waals surface area contributed by atoms with Crippen molar-refractivity contribution in [2.75, 3.05) is 24.5 Å². The molecular formula is C14H21F3N4. The van der Waals surface area contributed by atoms with E-state index in [0.717, 1.165) is 38.5 Å². The molecule has 0 aromatic carbocycles. The van der Waals surface area contributed by atoms with Gasteiger partial charge in [0, 0.05) is 19.1 Å². The molecule has 0 atom stereocenters. The first kappa shape index (κ1) is 16.0. The van der Waals surface area contributed by atoms with Crippen LogP contribution in [0.5, 0.6) is 0 Å². The van der Waals surface area contributed by atoms with Crippen molar-refractivity contribution in [1.29, 1.82) is 0 Å². The molecule has 1 fully saturated rings. The van der Waals surface area contributed by atoms with Gasteiger partial charge in [-0.3, -0.25) is 0 Å². The van der Waals surface area contributed by atoms with E-state index in [9.17, 15) is 13.2 Å². The third-order valence-electron chi connectivity index (χ3n) is 3.69. The second-order valence-corrected chi connectivity index (χ2v) is 5.77. The summed E-state index contributed by atoms with van der Waals surface area (Å²) < 4.78 is 37.3. The molecule has 0 aliphatic carbocycles. The SMILES string of the molecule is CC(C)NCC1CCN(c2ccc(C(F)(F)F)nn2)CC1. The molecular weight excluding hydrogens is 281 g/mol. The number of hydrogen-bond donors (Lipinski definition) is 1. The van der Waals surface area contributed by atoms with Gasteiger partial charge >= 0.3 is 6.18 Å². The minimum atomic E-state index is -4.43. The van der Waals surface area contributed by atoms with Crippen LogP contribution in [0, 0.1) is 5.92 Å². The molecule has 0 spiro atoms. The van der Waals surface area contributed by atoms with Crippen LogP contribution in [0.15, 0.2) is 12.1 Å². The highest BCUT2D eigenvalue weighted by molar-refractivity contribution is 5.38. The van der Waals surface area contributed by atoms with Crippen LogP contribution >= 0.6 is 0 Å². The molecule has 0 saturated carbocycles. The Morgan fingerprint density at radius 1 is 1.24 bits per heavy atom. The Bertz CT molecular complexity index is 437. The lowest BCUT2D eigenvalue weighted by Crippen LogP contribution is -2.39. The molecule has 1 aromatic rings. The van der Waals surface area contributed by atoms with Crippen molar-refractivity contribution >= 4 is 5.82 Å². The Hall–Kier alpha value is -1.37. The molecule has 7 heteroatoms. The standard InChI is InChI=1S/C14H21F3N4/c1-10(2)18-9-11-5-7-21(8-6-11)13-4-3-12(19-20-13)14(15,16)17/h3-4,10-11,18H,5-9H2,1-2H3. The van der Waals surface area contributed by atoms with Crippen LogP contribution in [-0.4, -0.2) is 35.9 Å². The zero-order valence-corrected chi connectivity index (χ0v) is 12.3. The maximum absolute atomic E-state index is 12.4. The predicted octanol–water partition coefficient (Wildman–Crippen LogP) is 2.71. The highest BCUT2D eigenvalue weighted by Gasteiger charge is 2.33. The van der Waals surface area contributed by atoms with E-state index < -0.39 is 11.9 Å². The highest BCUT2D eigenvalue weighted by Crippen LogP contribution is 2.28. The van der Waals surface area contributed by atoms with Gasteiger partial charge in [0.25, 0.3) is 0 Å². The first-order chi connectivity index (χ1) is 9.86. The molecule has 1 aliphatic heterocycles. The quantitative estimate of drug-likeness (QED) is 0.928. The van der Waals surface area contributed by atoms with Crippen molar-refractivity contribution in [3.63, 3.8) is 0 Å². The molecule has 0 amide bonds. The summed E-state index contributed by atoms with van der Waals surface area (Å²) in [5.41, 5.74) is -0.942. The molecule has 2 heterocycles. The number of aromatic nitrogens is 2. The molecule has 0 unspecified atom stereocenters. The first-order valence-corrected chi connectivity index (χ1v) is 7.25. The first-order valence-electron chi connectivity index (χ1n) is 7.25. The summed E-state index contributed by atoms with van der Waals surface area (Å²) in [6.07, 6.45) is -2.40. The van der Waals surface area contributed by atoms with Crippen molar-refractivity contribution in [2.24, 2.45) is 5.92 Å². The number of hydrogen-bond acceptors (Lipinski definition) is 4. The number of alkyl halides is 3. The summed E-state index contributed by atoms with van der Waals surface area (Å²) in [5, 5.41) is 10.4. The highest BCUT2D eigenvalue weighted by atomic mass is 19.4. The molecule has 4 nitrogen and oxygen atoms in total. The normalized spacial score (nSPS) is 17.5. The van der Waals surface area contributed by atoms with Crippen LogP contribution in [0.4, 0.5) is 19.0 Å². The summed E-state index contributed by atoms with van der Waals surface area (Å²) >= 11 is 0. The third-order valence-corrected chi connectivity index (χ3v) is 3.69. The van der Waals surface area contributed by atoms with E-state index in [4.69, 9.17) is 0 Å². The Kier molecular flexibility index (Phi) is 5.03. The third kappa shape index (κ3) is 4.56. The van der Waals surface area contributed by atoms with Gasteiger partial charge in [0.1, 0.15) is 0 Å². The second kappa shape index (κ2) is 6.60. The van der Waals surface area contributed by atoms with Gasteiger partial charge in [-0.15, -0.1) is 10.2 Å². The average molecular weight is 302 g/mol. The van der Waals surface area contributed by atoms with Crippen molar-refractivity contribution in [3.05, 3.63) is 17.8 Å². The molecule has 0 bridgehead atoms. The van der Waals surface area contributed by atoms with Gasteiger partial charge in [-0.05, 0) is 37.4 Å². The largest absolute Gasteiger partial charge is 0.435 e. The monoisotopic (exact) mass is 302 g/mol. The Morgan fingerprint density at radius 3 is 2.38 bits per heavy atom. The summed E-state index contributed by atoms with van der Waals surface area (Å²) in [4.78, 5) is 2.00. The van der Waals surface area contributed by atoms with Crippen LogP contribution in [0.25, 0.3) is 0 Å². The summed E-state index contributed by atoms with van der Waals surface area (Å²) in [6.45, 7) is 6.85. The lowest BCUT2D eigenvalue weighted by atomic mass is 9.96. The Labute approximate surface area is 122 Å². The summed E-state index contributed by atoms with van der Waals surface area (Å²) in [5.74, 6) is 1.14. The molecule has 1 N–H and O–H groups in total. The Balaban J connectivity index is 1.87. The number of nitrogens with zero attached hydrogens (tertiary/aromatic N) is 3. The van der Waals surface area contributed by atoms with E-state index in [0.29, 0.717) is 17.8 Å². The van der Waals surface area contributed by atoms with Crippen LogP contribution in [0.3, 0.4) is 0 Å². The van der Waals surface area contributed by atoms with Gasteiger partial charge in [0.15, 0.2) is 11.5 Å². The van der Waals surface area contributed by atoms with E-state index in [2.05, 4.69) is 29.4 Å². The van der Waals surface area contributed by atoms with Crippen LogP contribution in [-0.2, 0) is 6.18 Å². The summed E-state index contributed by atoms with van der Waals surface area (Å²) in [6, 6.07) is 2.88. The van der Waals surface area contributed by atoms with E-state index in [-0.39, 0.29) is 0 Å². The maximum atomic E-state index is 12.4. The topological polar surface area (TPSA) is 41.0 Å². The number of halogens is 3. The van der Waals surface area contributed by atoms with Gasteiger partial charge in [-0.25, -0.2) is 0 Å². The molecule has 21 heavy (non-hydrogen) atoms. The molecule has 0 radical (unpaired) electrons. The van der Waals surface area contributed by atoms with Crippen LogP contribution < -0.4 is 10.2 Å². The second-order valence-electron chi connectivity index (χ2n) is 5.77. The number of anilines is 1. The van der Waals surface area contributed by atoms with Gasteiger partial charge < -0.3 is 10.2 Å². The fraction of sp³-hybridized carbons (Fsp3) is 0.714. The van der Waals surface area contributed by atoms with E-state index >= 15 is 0 Å². The zero-order valence-electron chi connectivity index (χ0n) is 12.3.